The van der Waals surface area contributed by atoms with Crippen LogP contribution in [0.25, 0.3) is 10.9 Å². The Morgan fingerprint density at radius 2 is 2.03 bits per heavy atom. The van der Waals surface area contributed by atoms with Gasteiger partial charge in [-0.25, -0.2) is 18.6 Å². The molecule has 0 atom stereocenters. The van der Waals surface area contributed by atoms with Gasteiger partial charge in [-0.1, -0.05) is 0 Å². The molecule has 2 amide bonds. The highest BCUT2D eigenvalue weighted by atomic mass is 19.3. The largest absolute Gasteiger partial charge is 0.369 e. The monoisotopic (exact) mass is 427 g/mol. The number of amides is 2. The van der Waals surface area contributed by atoms with E-state index >= 15 is 0 Å². The van der Waals surface area contributed by atoms with Gasteiger partial charge in [-0.05, 0) is 24.6 Å². The predicted molar refractivity (Wildman–Crippen MR) is 115 cm³/mol. The van der Waals surface area contributed by atoms with Gasteiger partial charge >= 0.3 is 6.03 Å². The van der Waals surface area contributed by atoms with Crippen LogP contribution in [0.3, 0.4) is 0 Å². The van der Waals surface area contributed by atoms with E-state index < -0.39 is 6.43 Å². The molecule has 0 spiro atoms. The van der Waals surface area contributed by atoms with Crippen LogP contribution in [0, 0.1) is 0 Å². The quantitative estimate of drug-likeness (QED) is 0.672. The molecule has 1 fully saturated rings. The molecule has 0 radical (unpaired) electrons. The minimum Gasteiger partial charge on any atom is -0.369 e. The number of alkyl halides is 2. The van der Waals surface area contributed by atoms with Crippen molar-refractivity contribution in [2.75, 3.05) is 47.8 Å². The summed E-state index contributed by atoms with van der Waals surface area (Å²) in [6.45, 7) is 4.15. The van der Waals surface area contributed by atoms with E-state index in [1.54, 1.807) is 30.4 Å². The number of anilines is 3. The number of piperazine rings is 1. The number of halogens is 2. The number of carbonyl (C=O) groups excluding carboxylic acids is 1. The maximum atomic E-state index is 13.6. The van der Waals surface area contributed by atoms with Crippen molar-refractivity contribution < 1.29 is 13.6 Å². The second-order valence-electron chi connectivity index (χ2n) is 7.81. The van der Waals surface area contributed by atoms with Crippen molar-refractivity contribution in [2.24, 2.45) is 7.05 Å². The lowest BCUT2D eigenvalue weighted by atomic mass is 10.1. The van der Waals surface area contributed by atoms with Crippen molar-refractivity contribution in [1.82, 2.24) is 20.1 Å². The Bertz CT molecular complexity index is 1140. The SMILES string of the molecule is Cn1cc2cc(NC(=O)N3CCc4c(N5CCNCC5)ccnc43)cc(C(F)F)c2n1. The molecule has 0 unspecified atom stereocenters. The summed E-state index contributed by atoms with van der Waals surface area (Å²) in [7, 11) is 1.68. The Hall–Kier alpha value is -3.27. The highest BCUT2D eigenvalue weighted by Crippen LogP contribution is 2.35. The molecular weight excluding hydrogens is 404 g/mol. The molecule has 162 valence electrons. The van der Waals surface area contributed by atoms with Crippen molar-refractivity contribution in [2.45, 2.75) is 12.8 Å². The Balaban J connectivity index is 1.42. The number of carbonyl (C=O) groups is 1. The predicted octanol–water partition coefficient (Wildman–Crippen LogP) is 2.91. The molecule has 2 aromatic heterocycles. The summed E-state index contributed by atoms with van der Waals surface area (Å²) in [6, 6.07) is 4.57. The molecule has 2 aliphatic rings. The van der Waals surface area contributed by atoms with Crippen molar-refractivity contribution in [3.8, 4) is 0 Å². The van der Waals surface area contributed by atoms with E-state index in [1.165, 1.54) is 10.7 Å². The number of pyridine rings is 1. The van der Waals surface area contributed by atoms with Crippen LogP contribution in [0.5, 0.6) is 0 Å². The summed E-state index contributed by atoms with van der Waals surface area (Å²) in [5, 5.41) is 10.8. The molecule has 31 heavy (non-hydrogen) atoms. The first kappa shape index (κ1) is 19.7. The fourth-order valence-corrected chi connectivity index (χ4v) is 4.38. The van der Waals surface area contributed by atoms with Crippen LogP contribution in [0.15, 0.2) is 30.6 Å². The van der Waals surface area contributed by atoms with Crippen LogP contribution in [0.1, 0.15) is 17.6 Å². The smallest absolute Gasteiger partial charge is 0.327 e. The summed E-state index contributed by atoms with van der Waals surface area (Å²) < 4.78 is 28.6. The average molecular weight is 427 g/mol. The van der Waals surface area contributed by atoms with Gasteiger partial charge in [0.25, 0.3) is 6.43 Å². The molecule has 0 saturated carbocycles. The Morgan fingerprint density at radius 1 is 1.23 bits per heavy atom. The lowest BCUT2D eigenvalue weighted by Gasteiger charge is -2.31. The maximum absolute atomic E-state index is 13.6. The van der Waals surface area contributed by atoms with Gasteiger partial charge in [0.05, 0.1) is 0 Å². The van der Waals surface area contributed by atoms with Gasteiger partial charge in [-0.15, -0.1) is 0 Å². The zero-order valence-electron chi connectivity index (χ0n) is 17.1. The second kappa shape index (κ2) is 7.77. The summed E-state index contributed by atoms with van der Waals surface area (Å²) in [5.74, 6) is 0.630. The first-order valence-corrected chi connectivity index (χ1v) is 10.3. The van der Waals surface area contributed by atoms with Crippen LogP contribution in [-0.4, -0.2) is 53.5 Å². The molecule has 1 saturated heterocycles. The van der Waals surface area contributed by atoms with Crippen LogP contribution in [-0.2, 0) is 13.5 Å². The highest BCUT2D eigenvalue weighted by Gasteiger charge is 2.30. The van der Waals surface area contributed by atoms with Gasteiger partial charge in [0.1, 0.15) is 11.3 Å². The zero-order chi connectivity index (χ0) is 21.5. The molecule has 10 heteroatoms. The Labute approximate surface area is 177 Å². The van der Waals surface area contributed by atoms with E-state index in [4.69, 9.17) is 0 Å². The number of aryl methyl sites for hydroxylation is 1. The number of nitrogens with one attached hydrogen (secondary N) is 2. The molecule has 5 rings (SSSR count). The fraction of sp³-hybridized carbons (Fsp3) is 0.381. The normalized spacial score (nSPS) is 16.3. The van der Waals surface area contributed by atoms with Crippen LogP contribution < -0.4 is 20.4 Å². The first-order chi connectivity index (χ1) is 15.0. The number of urea groups is 1. The average Bonchev–Trinajstić information content (AvgIpc) is 3.36. The lowest BCUT2D eigenvalue weighted by molar-refractivity contribution is 0.153. The second-order valence-corrected chi connectivity index (χ2v) is 7.81. The number of benzene rings is 1. The lowest BCUT2D eigenvalue weighted by Crippen LogP contribution is -2.43. The van der Waals surface area contributed by atoms with Crippen LogP contribution >= 0.6 is 0 Å². The molecule has 2 N–H and O–H groups in total. The summed E-state index contributed by atoms with van der Waals surface area (Å²) >= 11 is 0. The number of rotatable bonds is 3. The highest BCUT2D eigenvalue weighted by molar-refractivity contribution is 6.04. The van der Waals surface area contributed by atoms with Gasteiger partial charge < -0.3 is 15.5 Å². The minimum absolute atomic E-state index is 0.200. The molecule has 1 aromatic carbocycles. The Kier molecular flexibility index (Phi) is 4.93. The van der Waals surface area contributed by atoms with Crippen LogP contribution in [0.2, 0.25) is 0 Å². The minimum atomic E-state index is -2.69. The van der Waals surface area contributed by atoms with E-state index in [-0.39, 0.29) is 17.1 Å². The van der Waals surface area contributed by atoms with E-state index in [2.05, 4.69) is 25.6 Å². The number of fused-ring (bicyclic) bond motifs is 2. The number of hydrogen-bond acceptors (Lipinski definition) is 5. The third kappa shape index (κ3) is 3.56. The van der Waals surface area contributed by atoms with Gasteiger partial charge in [0.2, 0.25) is 0 Å². The van der Waals surface area contributed by atoms with Gasteiger partial charge in [-0.3, -0.25) is 9.58 Å². The summed E-state index contributed by atoms with van der Waals surface area (Å²) in [4.78, 5) is 21.4. The Morgan fingerprint density at radius 3 is 2.81 bits per heavy atom. The van der Waals surface area contributed by atoms with Gasteiger partial charge in [-0.2, -0.15) is 5.10 Å². The van der Waals surface area contributed by atoms with Gasteiger partial charge in [0.15, 0.2) is 0 Å². The van der Waals surface area contributed by atoms with E-state index in [0.717, 1.165) is 37.4 Å². The molecular formula is C21H23F2N7O. The van der Waals surface area contributed by atoms with Crippen molar-refractivity contribution in [1.29, 1.82) is 0 Å². The van der Waals surface area contributed by atoms with Gasteiger partial charge in [0, 0.05) is 80.1 Å². The summed E-state index contributed by atoms with van der Waals surface area (Å²) in [6.07, 6.45) is 1.40. The van der Waals surface area contributed by atoms with E-state index in [9.17, 15) is 13.6 Å². The molecule has 2 aliphatic heterocycles. The summed E-state index contributed by atoms with van der Waals surface area (Å²) in [5.41, 5.74) is 2.51. The molecule has 4 heterocycles. The molecule has 0 aliphatic carbocycles. The topological polar surface area (TPSA) is 78.3 Å². The third-order valence-electron chi connectivity index (χ3n) is 5.79. The zero-order valence-corrected chi connectivity index (χ0v) is 17.1. The number of hydrogen-bond donors (Lipinski definition) is 2. The van der Waals surface area contributed by atoms with Crippen molar-refractivity contribution in [3.05, 3.63) is 41.7 Å². The van der Waals surface area contributed by atoms with E-state index in [1.807, 2.05) is 6.07 Å². The molecule has 0 bridgehead atoms. The maximum Gasteiger partial charge on any atom is 0.327 e. The number of aromatic nitrogens is 3. The number of nitrogens with zero attached hydrogens (tertiary/aromatic N) is 5. The first-order valence-electron chi connectivity index (χ1n) is 10.3. The molecule has 8 nitrogen and oxygen atoms in total. The van der Waals surface area contributed by atoms with Crippen molar-refractivity contribution >= 4 is 34.1 Å². The van der Waals surface area contributed by atoms with Crippen LogP contribution in [0.4, 0.5) is 30.8 Å². The third-order valence-corrected chi connectivity index (χ3v) is 5.79. The molecule has 3 aromatic rings. The standard InChI is InChI=1S/C21H23F2N7O/c1-28-12-13-10-14(11-16(19(22)23)18(13)27-28)26-21(31)30-7-3-15-17(2-4-25-20(15)30)29-8-5-24-6-9-29/h2,4,10-12,19,24H,3,5-9H2,1H3,(H,26,31). The van der Waals surface area contributed by atoms with E-state index in [0.29, 0.717) is 29.9 Å². The van der Waals surface area contributed by atoms with Crippen molar-refractivity contribution in [3.63, 3.8) is 0 Å². The fourth-order valence-electron chi connectivity index (χ4n) is 4.38.